The molecule has 0 radical (unpaired) electrons. The fourth-order valence-corrected chi connectivity index (χ4v) is 2.41. The molecule has 0 amide bonds. The van der Waals surface area contributed by atoms with Gasteiger partial charge < -0.3 is 9.73 Å². The number of piperidine rings is 1. The van der Waals surface area contributed by atoms with Crippen molar-refractivity contribution in [1.29, 1.82) is 0 Å². The van der Waals surface area contributed by atoms with Gasteiger partial charge in [0.2, 0.25) is 5.89 Å². The van der Waals surface area contributed by atoms with E-state index >= 15 is 0 Å². The van der Waals surface area contributed by atoms with Gasteiger partial charge in [0.1, 0.15) is 6.26 Å². The molecule has 2 aliphatic rings. The number of aromatic nitrogens is 1. The van der Waals surface area contributed by atoms with Crippen LogP contribution in [-0.4, -0.2) is 11.5 Å². The van der Waals surface area contributed by atoms with E-state index in [4.69, 9.17) is 4.42 Å². The van der Waals surface area contributed by atoms with Gasteiger partial charge in [0.05, 0.1) is 11.7 Å². The molecule has 2 fully saturated rings. The topological polar surface area (TPSA) is 38.1 Å². The van der Waals surface area contributed by atoms with E-state index in [1.807, 2.05) is 6.26 Å². The lowest BCUT2D eigenvalue weighted by Gasteiger charge is -2.23. The summed E-state index contributed by atoms with van der Waals surface area (Å²) in [4.78, 5) is 4.63. The molecular weight excluding hydrogens is 188 g/mol. The molecule has 1 aromatic heterocycles. The van der Waals surface area contributed by atoms with Crippen LogP contribution in [0, 0.1) is 0 Å². The SMILES string of the molecule is c1oc(C2CCCCN2)nc1C1CCC1. The van der Waals surface area contributed by atoms with Crippen LogP contribution in [0.1, 0.15) is 62.1 Å². The van der Waals surface area contributed by atoms with Gasteiger partial charge in [-0.3, -0.25) is 0 Å². The molecule has 1 saturated carbocycles. The number of rotatable bonds is 2. The zero-order valence-corrected chi connectivity index (χ0v) is 9.04. The van der Waals surface area contributed by atoms with Crippen LogP contribution in [0.3, 0.4) is 0 Å². The molecule has 15 heavy (non-hydrogen) atoms. The van der Waals surface area contributed by atoms with Crippen LogP contribution in [0.15, 0.2) is 10.7 Å². The monoisotopic (exact) mass is 206 g/mol. The van der Waals surface area contributed by atoms with E-state index in [0.717, 1.165) is 12.4 Å². The third-order valence-corrected chi connectivity index (χ3v) is 3.67. The van der Waals surface area contributed by atoms with Crippen molar-refractivity contribution in [2.75, 3.05) is 6.54 Å². The number of hydrogen-bond donors (Lipinski definition) is 1. The Morgan fingerprint density at radius 3 is 2.80 bits per heavy atom. The highest BCUT2D eigenvalue weighted by molar-refractivity contribution is 5.09. The standard InChI is InChI=1S/C12H18N2O/c1-2-7-13-10(6-1)12-14-11(8-15-12)9-4-3-5-9/h8-10,13H,1-7H2. The van der Waals surface area contributed by atoms with Crippen LogP contribution in [0.25, 0.3) is 0 Å². The van der Waals surface area contributed by atoms with Crippen molar-refractivity contribution < 1.29 is 4.42 Å². The van der Waals surface area contributed by atoms with Crippen molar-refractivity contribution in [3.05, 3.63) is 17.8 Å². The van der Waals surface area contributed by atoms with E-state index in [1.165, 1.54) is 44.2 Å². The predicted molar refractivity (Wildman–Crippen MR) is 57.7 cm³/mol. The van der Waals surface area contributed by atoms with Crippen LogP contribution in [0.2, 0.25) is 0 Å². The van der Waals surface area contributed by atoms with Gasteiger partial charge in [-0.1, -0.05) is 12.8 Å². The lowest BCUT2D eigenvalue weighted by Crippen LogP contribution is -2.27. The highest BCUT2D eigenvalue weighted by Gasteiger charge is 2.25. The Balaban J connectivity index is 1.71. The van der Waals surface area contributed by atoms with Gasteiger partial charge in [0, 0.05) is 5.92 Å². The Bertz CT molecular complexity index is 324. The highest BCUT2D eigenvalue weighted by Crippen LogP contribution is 2.36. The van der Waals surface area contributed by atoms with Crippen LogP contribution < -0.4 is 5.32 Å². The van der Waals surface area contributed by atoms with E-state index in [9.17, 15) is 0 Å². The van der Waals surface area contributed by atoms with E-state index in [0.29, 0.717) is 12.0 Å². The summed E-state index contributed by atoms with van der Waals surface area (Å²) >= 11 is 0. The largest absolute Gasteiger partial charge is 0.447 e. The van der Waals surface area contributed by atoms with Gasteiger partial charge in [0.15, 0.2) is 0 Å². The molecule has 82 valence electrons. The molecule has 3 rings (SSSR count). The minimum atomic E-state index is 0.368. The number of hydrogen-bond acceptors (Lipinski definition) is 3. The average Bonchev–Trinajstić information content (AvgIpc) is 2.66. The molecule has 3 heteroatoms. The summed E-state index contributed by atoms with van der Waals surface area (Å²) in [5.41, 5.74) is 1.18. The second-order valence-corrected chi connectivity index (χ2v) is 4.74. The molecule has 0 spiro atoms. The molecule has 0 aromatic carbocycles. The Hall–Kier alpha value is -0.830. The molecule has 2 heterocycles. The maximum atomic E-state index is 5.59. The fraction of sp³-hybridized carbons (Fsp3) is 0.750. The van der Waals surface area contributed by atoms with Crippen LogP contribution in [0.5, 0.6) is 0 Å². The minimum absolute atomic E-state index is 0.368. The third kappa shape index (κ3) is 1.81. The first-order valence-electron chi connectivity index (χ1n) is 6.12. The molecule has 3 nitrogen and oxygen atoms in total. The second kappa shape index (κ2) is 3.97. The van der Waals surface area contributed by atoms with Crippen molar-refractivity contribution in [2.24, 2.45) is 0 Å². The van der Waals surface area contributed by atoms with Crippen LogP contribution in [0.4, 0.5) is 0 Å². The van der Waals surface area contributed by atoms with Crippen molar-refractivity contribution in [3.8, 4) is 0 Å². The quantitative estimate of drug-likeness (QED) is 0.808. The summed E-state index contributed by atoms with van der Waals surface area (Å²) in [6.07, 6.45) is 9.56. The van der Waals surface area contributed by atoms with E-state index in [2.05, 4.69) is 10.3 Å². The highest BCUT2D eigenvalue weighted by atomic mass is 16.3. The van der Waals surface area contributed by atoms with Gasteiger partial charge in [-0.25, -0.2) is 4.98 Å². The number of nitrogens with one attached hydrogen (secondary N) is 1. The first-order valence-corrected chi connectivity index (χ1v) is 6.12. The third-order valence-electron chi connectivity index (χ3n) is 3.67. The lowest BCUT2D eigenvalue weighted by atomic mass is 9.83. The van der Waals surface area contributed by atoms with Gasteiger partial charge in [-0.15, -0.1) is 0 Å². The van der Waals surface area contributed by atoms with E-state index in [-0.39, 0.29) is 0 Å². The maximum Gasteiger partial charge on any atom is 0.211 e. The summed E-state index contributed by atoms with van der Waals surface area (Å²) in [5.74, 6) is 1.60. The molecule has 1 saturated heterocycles. The van der Waals surface area contributed by atoms with Crippen LogP contribution in [-0.2, 0) is 0 Å². The Morgan fingerprint density at radius 1 is 1.20 bits per heavy atom. The zero-order chi connectivity index (χ0) is 10.1. The van der Waals surface area contributed by atoms with Gasteiger partial charge >= 0.3 is 0 Å². The summed E-state index contributed by atoms with van der Waals surface area (Å²) in [6, 6.07) is 0.368. The maximum absolute atomic E-state index is 5.59. The lowest BCUT2D eigenvalue weighted by molar-refractivity contribution is 0.338. The van der Waals surface area contributed by atoms with Crippen LogP contribution >= 0.6 is 0 Å². The van der Waals surface area contributed by atoms with E-state index < -0.39 is 0 Å². The van der Waals surface area contributed by atoms with Gasteiger partial charge in [-0.2, -0.15) is 0 Å². The molecule has 1 atom stereocenters. The average molecular weight is 206 g/mol. The Labute approximate surface area is 90.3 Å². The normalized spacial score (nSPS) is 27.6. The first-order chi connectivity index (χ1) is 7.43. The van der Waals surface area contributed by atoms with E-state index in [1.54, 1.807) is 0 Å². The molecule has 1 N–H and O–H groups in total. The minimum Gasteiger partial charge on any atom is -0.447 e. The second-order valence-electron chi connectivity index (χ2n) is 4.74. The predicted octanol–water partition coefficient (Wildman–Crippen LogP) is 2.76. The fourth-order valence-electron chi connectivity index (χ4n) is 2.41. The first kappa shape index (κ1) is 9.40. The number of oxazole rings is 1. The summed E-state index contributed by atoms with van der Waals surface area (Å²) in [6.45, 7) is 1.10. The zero-order valence-electron chi connectivity index (χ0n) is 9.04. The molecule has 0 bridgehead atoms. The van der Waals surface area contributed by atoms with Gasteiger partial charge in [0.25, 0.3) is 0 Å². The summed E-state index contributed by atoms with van der Waals surface area (Å²) in [7, 11) is 0. The molecular formula is C12H18N2O. The molecule has 1 aliphatic heterocycles. The van der Waals surface area contributed by atoms with Crippen molar-refractivity contribution in [3.63, 3.8) is 0 Å². The van der Waals surface area contributed by atoms with Crippen molar-refractivity contribution in [1.82, 2.24) is 10.3 Å². The molecule has 1 aromatic rings. The molecule has 1 unspecified atom stereocenters. The van der Waals surface area contributed by atoms with Gasteiger partial charge in [-0.05, 0) is 32.2 Å². The van der Waals surface area contributed by atoms with Crippen molar-refractivity contribution in [2.45, 2.75) is 50.5 Å². The number of nitrogens with zero attached hydrogens (tertiary/aromatic N) is 1. The Morgan fingerprint density at radius 2 is 2.13 bits per heavy atom. The Kier molecular flexibility index (Phi) is 2.49. The summed E-state index contributed by atoms with van der Waals surface area (Å²) in [5, 5.41) is 3.47. The van der Waals surface area contributed by atoms with Crippen molar-refractivity contribution >= 4 is 0 Å². The smallest absolute Gasteiger partial charge is 0.211 e. The summed E-state index contributed by atoms with van der Waals surface area (Å²) < 4.78 is 5.59. The molecule has 1 aliphatic carbocycles.